The third kappa shape index (κ3) is 4.43. The Labute approximate surface area is 200 Å². The normalized spacial score (nSPS) is 12.1. The van der Waals surface area contributed by atoms with E-state index in [9.17, 15) is 9.18 Å². The Morgan fingerprint density at radius 3 is 2.79 bits per heavy atom. The van der Waals surface area contributed by atoms with Crippen molar-refractivity contribution in [3.8, 4) is 11.3 Å². The first-order valence-electron chi connectivity index (χ1n) is 10.8. The molecule has 0 radical (unpaired) electrons. The minimum Gasteiger partial charge on any atom is -0.363 e. The summed E-state index contributed by atoms with van der Waals surface area (Å²) in [6.07, 6.45) is 5.35. The van der Waals surface area contributed by atoms with Gasteiger partial charge in [-0.3, -0.25) is 4.79 Å². The molecule has 2 N–H and O–H groups in total. The zero-order valence-electron chi connectivity index (χ0n) is 18.3. The molecule has 0 aliphatic heterocycles. The minimum absolute atomic E-state index is 0.00703. The lowest BCUT2D eigenvalue weighted by Gasteiger charge is -2.16. The molecule has 0 saturated carbocycles. The van der Waals surface area contributed by atoms with Crippen molar-refractivity contribution in [2.75, 3.05) is 5.32 Å². The number of hydrogen-bond donors (Lipinski definition) is 2. The highest BCUT2D eigenvalue weighted by Crippen LogP contribution is 2.26. The van der Waals surface area contributed by atoms with Gasteiger partial charge in [-0.15, -0.1) is 0 Å². The topological polar surface area (TPSA) is 75.6 Å². The largest absolute Gasteiger partial charge is 0.363 e. The molecule has 8 heteroatoms. The van der Waals surface area contributed by atoms with Crippen molar-refractivity contribution in [1.29, 1.82) is 0 Å². The number of aromatic amines is 1. The molecule has 0 aliphatic carbocycles. The zero-order chi connectivity index (χ0) is 23.7. The minimum atomic E-state index is -0.573. The van der Waals surface area contributed by atoms with Crippen molar-refractivity contribution in [3.63, 3.8) is 0 Å². The average Bonchev–Trinajstić information content (AvgIpc) is 3.29. The van der Waals surface area contributed by atoms with Crippen LogP contribution < -0.4 is 10.9 Å². The second kappa shape index (κ2) is 9.11. The van der Waals surface area contributed by atoms with Gasteiger partial charge in [0, 0.05) is 29.3 Å². The third-order valence-corrected chi connectivity index (χ3v) is 6.00. The molecule has 1 atom stereocenters. The average molecular weight is 474 g/mol. The highest BCUT2D eigenvalue weighted by Gasteiger charge is 2.14. The van der Waals surface area contributed by atoms with E-state index in [0.717, 1.165) is 11.3 Å². The van der Waals surface area contributed by atoms with Crippen LogP contribution in [0.2, 0.25) is 5.02 Å². The van der Waals surface area contributed by atoms with Gasteiger partial charge in [-0.1, -0.05) is 41.9 Å². The predicted octanol–water partition coefficient (Wildman–Crippen LogP) is 5.80. The van der Waals surface area contributed by atoms with E-state index in [-0.39, 0.29) is 16.6 Å². The van der Waals surface area contributed by atoms with Gasteiger partial charge in [0.1, 0.15) is 11.6 Å². The number of nitrogens with one attached hydrogen (secondary N) is 2. The van der Waals surface area contributed by atoms with E-state index in [0.29, 0.717) is 28.8 Å². The summed E-state index contributed by atoms with van der Waals surface area (Å²) in [7, 11) is 0. The Morgan fingerprint density at radius 1 is 1.15 bits per heavy atom. The number of H-pyrrole nitrogens is 1. The summed E-state index contributed by atoms with van der Waals surface area (Å²) in [6.45, 7) is 2.57. The lowest BCUT2D eigenvalue weighted by molar-refractivity contribution is 0.629. The first kappa shape index (κ1) is 21.9. The van der Waals surface area contributed by atoms with Crippen molar-refractivity contribution in [2.24, 2.45) is 0 Å². The number of hydrogen-bond acceptors (Lipinski definition) is 4. The predicted molar refractivity (Wildman–Crippen MR) is 133 cm³/mol. The number of nitrogens with zero attached hydrogens (tertiary/aromatic N) is 3. The molecule has 34 heavy (non-hydrogen) atoms. The maximum Gasteiger partial charge on any atom is 0.253 e. The number of fused-ring (bicyclic) bond motifs is 1. The third-order valence-electron chi connectivity index (χ3n) is 5.71. The smallest absolute Gasteiger partial charge is 0.253 e. The summed E-state index contributed by atoms with van der Waals surface area (Å²) >= 11 is 5.92. The van der Waals surface area contributed by atoms with Crippen LogP contribution in [0.15, 0.2) is 84.2 Å². The van der Waals surface area contributed by atoms with E-state index < -0.39 is 5.82 Å². The molecule has 5 rings (SSSR count). The van der Waals surface area contributed by atoms with Crippen molar-refractivity contribution >= 4 is 28.3 Å². The molecular formula is C26H21ClFN5O. The van der Waals surface area contributed by atoms with Gasteiger partial charge in [0.25, 0.3) is 5.56 Å². The summed E-state index contributed by atoms with van der Waals surface area (Å²) in [5.74, 6) is 0.0466. The number of imidazole rings is 1. The van der Waals surface area contributed by atoms with E-state index in [1.165, 1.54) is 17.7 Å². The Hall–Kier alpha value is -3.97. The zero-order valence-corrected chi connectivity index (χ0v) is 19.1. The number of pyridine rings is 2. The summed E-state index contributed by atoms with van der Waals surface area (Å²) in [4.78, 5) is 24.1. The molecule has 0 amide bonds. The van der Waals surface area contributed by atoms with Gasteiger partial charge in [0.2, 0.25) is 0 Å². The van der Waals surface area contributed by atoms with E-state index in [4.69, 9.17) is 11.6 Å². The first-order valence-corrected chi connectivity index (χ1v) is 11.1. The van der Waals surface area contributed by atoms with Crippen LogP contribution in [0, 0.1) is 5.82 Å². The molecule has 6 nitrogen and oxygen atoms in total. The van der Waals surface area contributed by atoms with Crippen LogP contribution in [0.4, 0.5) is 10.2 Å². The Morgan fingerprint density at radius 2 is 1.97 bits per heavy atom. The van der Waals surface area contributed by atoms with E-state index in [1.807, 2.05) is 43.5 Å². The number of halogens is 2. The molecule has 0 aliphatic rings. The van der Waals surface area contributed by atoms with Crippen molar-refractivity contribution < 1.29 is 4.39 Å². The second-order valence-electron chi connectivity index (χ2n) is 8.10. The molecular weight excluding hydrogens is 453 g/mol. The molecule has 0 unspecified atom stereocenters. The Balaban J connectivity index is 1.41. The fourth-order valence-electron chi connectivity index (χ4n) is 3.97. The summed E-state index contributed by atoms with van der Waals surface area (Å²) in [6, 6.07) is 18.1. The van der Waals surface area contributed by atoms with Crippen LogP contribution in [-0.4, -0.2) is 19.5 Å². The molecule has 0 spiro atoms. The van der Waals surface area contributed by atoms with Crippen molar-refractivity contribution in [1.82, 2.24) is 19.5 Å². The van der Waals surface area contributed by atoms with Gasteiger partial charge < -0.3 is 14.9 Å². The number of anilines is 1. The SMILES string of the molecule is C[C@H](Nc1cc(-c2cncn2Cc2ccccc2)ccn1)c1cc2cc(Cl)c(F)cc2[nH]c1=O. The lowest BCUT2D eigenvalue weighted by atomic mass is 10.1. The molecule has 3 aromatic heterocycles. The standard InChI is InChI=1S/C26H21ClFN5O/c1-16(20-9-19-10-21(27)22(28)12-23(19)32-26(20)34)31-25-11-18(7-8-30-25)24-13-29-15-33(24)14-17-5-3-2-4-6-17/h2-13,15-16H,14H2,1H3,(H,30,31)(H,32,34)/t16-/m0/s1. The van der Waals surface area contributed by atoms with E-state index in [2.05, 4.69) is 37.0 Å². The Bertz CT molecular complexity index is 1530. The molecule has 0 fully saturated rings. The fourth-order valence-corrected chi connectivity index (χ4v) is 4.15. The fraction of sp³-hybridized carbons (Fsp3) is 0.115. The van der Waals surface area contributed by atoms with Crippen LogP contribution in [0.5, 0.6) is 0 Å². The Kier molecular flexibility index (Phi) is 5.86. The van der Waals surface area contributed by atoms with Crippen molar-refractivity contribution in [2.45, 2.75) is 19.5 Å². The maximum absolute atomic E-state index is 13.8. The number of rotatable bonds is 6. The molecule has 5 aromatic rings. The van der Waals surface area contributed by atoms with Crippen molar-refractivity contribution in [3.05, 3.63) is 112 Å². The molecule has 0 bridgehead atoms. The van der Waals surface area contributed by atoms with Gasteiger partial charge in [-0.25, -0.2) is 14.4 Å². The van der Waals surface area contributed by atoms with Gasteiger partial charge in [0.15, 0.2) is 0 Å². The van der Waals surface area contributed by atoms with E-state index in [1.54, 1.807) is 18.6 Å². The molecule has 0 saturated heterocycles. The second-order valence-corrected chi connectivity index (χ2v) is 8.50. The van der Waals surface area contributed by atoms with Gasteiger partial charge >= 0.3 is 0 Å². The van der Waals surface area contributed by atoms with Crippen LogP contribution in [0.25, 0.3) is 22.2 Å². The van der Waals surface area contributed by atoms with Gasteiger partial charge in [-0.05, 0) is 42.8 Å². The summed E-state index contributed by atoms with van der Waals surface area (Å²) < 4.78 is 15.8. The summed E-state index contributed by atoms with van der Waals surface area (Å²) in [5, 5.41) is 3.95. The monoisotopic (exact) mass is 473 g/mol. The quantitative estimate of drug-likeness (QED) is 0.327. The summed E-state index contributed by atoms with van der Waals surface area (Å²) in [5.41, 5.74) is 3.69. The van der Waals surface area contributed by atoms with Crippen LogP contribution in [0.3, 0.4) is 0 Å². The molecule has 2 aromatic carbocycles. The number of aromatic nitrogens is 4. The van der Waals surface area contributed by atoms with Crippen LogP contribution in [0.1, 0.15) is 24.1 Å². The highest BCUT2D eigenvalue weighted by molar-refractivity contribution is 6.31. The molecule has 3 heterocycles. The van der Waals surface area contributed by atoms with Crippen LogP contribution in [-0.2, 0) is 6.54 Å². The van der Waals surface area contributed by atoms with Gasteiger partial charge in [-0.2, -0.15) is 0 Å². The number of benzene rings is 2. The maximum atomic E-state index is 13.8. The lowest BCUT2D eigenvalue weighted by Crippen LogP contribution is -2.19. The van der Waals surface area contributed by atoms with E-state index >= 15 is 0 Å². The molecule has 170 valence electrons. The first-order chi connectivity index (χ1) is 16.5. The van der Waals surface area contributed by atoms with Crippen LogP contribution >= 0.6 is 11.6 Å². The highest BCUT2D eigenvalue weighted by atomic mass is 35.5. The van der Waals surface area contributed by atoms with Gasteiger partial charge in [0.05, 0.1) is 34.8 Å².